The maximum atomic E-state index is 12.7. The number of ether oxygens (including phenoxy) is 1. The molecular weight excluding hydrogens is 370 g/mol. The van der Waals surface area contributed by atoms with Crippen LogP contribution in [0.5, 0.6) is 0 Å². The van der Waals surface area contributed by atoms with Gasteiger partial charge in [-0.05, 0) is 37.6 Å². The highest BCUT2D eigenvalue weighted by molar-refractivity contribution is 5.88. The molecule has 0 aromatic carbocycles. The number of rotatable bonds is 6. The number of amides is 2. The van der Waals surface area contributed by atoms with Gasteiger partial charge in [-0.2, -0.15) is 0 Å². The third kappa shape index (κ3) is 5.57. The Balaban J connectivity index is 0.00000261. The van der Waals surface area contributed by atoms with Crippen LogP contribution in [0.25, 0.3) is 0 Å². The van der Waals surface area contributed by atoms with Crippen molar-refractivity contribution in [1.82, 2.24) is 16.0 Å². The van der Waals surface area contributed by atoms with Crippen molar-refractivity contribution in [2.24, 2.45) is 17.8 Å². The highest BCUT2D eigenvalue weighted by atomic mass is 35.5. The molecule has 154 valence electrons. The number of hydrogen-bond acceptors (Lipinski definition) is 5. The Labute approximate surface area is 167 Å². The van der Waals surface area contributed by atoms with E-state index in [1.165, 1.54) is 39.2 Å². The van der Waals surface area contributed by atoms with Gasteiger partial charge < -0.3 is 20.7 Å². The topological polar surface area (TPSA) is 96.5 Å². The summed E-state index contributed by atoms with van der Waals surface area (Å²) in [5.41, 5.74) is 0. The van der Waals surface area contributed by atoms with Crippen LogP contribution in [-0.2, 0) is 19.1 Å². The van der Waals surface area contributed by atoms with Gasteiger partial charge in [0.15, 0.2) is 0 Å². The van der Waals surface area contributed by atoms with E-state index in [0.717, 1.165) is 13.0 Å². The standard InChI is InChI=1S/C19H31N3O4.ClH/c1-26-19(25)16(9-13-7-8-20-17(13)23)22-18(24)15-10-14(11-21-15)12-5-3-2-4-6-12;/h12-16,21H,2-11H2,1H3,(H,20,23)(H,22,24);1H/t13-,14+,15-,16-;/m0./s1. The lowest BCUT2D eigenvalue weighted by Crippen LogP contribution is -2.49. The molecule has 0 unspecified atom stereocenters. The molecule has 27 heavy (non-hydrogen) atoms. The van der Waals surface area contributed by atoms with Gasteiger partial charge in [-0.15, -0.1) is 12.4 Å². The molecule has 3 fully saturated rings. The van der Waals surface area contributed by atoms with Gasteiger partial charge in [-0.1, -0.05) is 32.1 Å². The molecule has 0 aromatic heterocycles. The average molecular weight is 402 g/mol. The lowest BCUT2D eigenvalue weighted by molar-refractivity contribution is -0.146. The molecule has 2 aliphatic heterocycles. The summed E-state index contributed by atoms with van der Waals surface area (Å²) < 4.78 is 4.83. The fourth-order valence-electron chi connectivity index (χ4n) is 4.71. The molecule has 4 atom stereocenters. The Kier molecular flexibility index (Phi) is 8.35. The molecule has 7 nitrogen and oxygen atoms in total. The molecule has 3 aliphatic rings. The zero-order valence-corrected chi connectivity index (χ0v) is 16.8. The summed E-state index contributed by atoms with van der Waals surface area (Å²) in [7, 11) is 1.31. The quantitative estimate of drug-likeness (QED) is 0.580. The van der Waals surface area contributed by atoms with Crippen LogP contribution in [0.4, 0.5) is 0 Å². The fraction of sp³-hybridized carbons (Fsp3) is 0.842. The maximum Gasteiger partial charge on any atom is 0.328 e. The van der Waals surface area contributed by atoms with Crippen molar-refractivity contribution < 1.29 is 19.1 Å². The van der Waals surface area contributed by atoms with Gasteiger partial charge in [0.1, 0.15) is 6.04 Å². The van der Waals surface area contributed by atoms with Gasteiger partial charge in [-0.25, -0.2) is 4.79 Å². The van der Waals surface area contributed by atoms with Crippen LogP contribution in [0.3, 0.4) is 0 Å². The number of methoxy groups -OCH3 is 1. The molecule has 2 saturated heterocycles. The minimum absolute atomic E-state index is 0. The summed E-state index contributed by atoms with van der Waals surface area (Å²) in [6, 6.07) is -1.02. The fourth-order valence-corrected chi connectivity index (χ4v) is 4.71. The maximum absolute atomic E-state index is 12.7. The molecule has 3 rings (SSSR count). The highest BCUT2D eigenvalue weighted by Gasteiger charge is 2.37. The predicted molar refractivity (Wildman–Crippen MR) is 103 cm³/mol. The summed E-state index contributed by atoms with van der Waals surface area (Å²) in [6.07, 6.45) is 8.27. The van der Waals surface area contributed by atoms with Crippen LogP contribution in [-0.4, -0.2) is 50.1 Å². The van der Waals surface area contributed by atoms with Crippen LogP contribution in [0.15, 0.2) is 0 Å². The van der Waals surface area contributed by atoms with Crippen molar-refractivity contribution in [2.45, 2.75) is 63.5 Å². The third-order valence-electron chi connectivity index (χ3n) is 6.28. The van der Waals surface area contributed by atoms with E-state index in [2.05, 4.69) is 16.0 Å². The van der Waals surface area contributed by atoms with Crippen LogP contribution in [0.2, 0.25) is 0 Å². The number of hydrogen-bond donors (Lipinski definition) is 3. The molecule has 3 N–H and O–H groups in total. The lowest BCUT2D eigenvalue weighted by Gasteiger charge is -2.27. The molecule has 0 spiro atoms. The Morgan fingerprint density at radius 1 is 1.19 bits per heavy atom. The minimum atomic E-state index is -0.767. The zero-order valence-electron chi connectivity index (χ0n) is 16.0. The molecule has 1 aliphatic carbocycles. The number of carbonyl (C=O) groups excluding carboxylic acids is 3. The Morgan fingerprint density at radius 2 is 1.93 bits per heavy atom. The monoisotopic (exact) mass is 401 g/mol. The van der Waals surface area contributed by atoms with Crippen molar-refractivity contribution in [3.05, 3.63) is 0 Å². The Hall–Kier alpha value is -1.34. The van der Waals surface area contributed by atoms with E-state index in [0.29, 0.717) is 31.2 Å². The predicted octanol–water partition coefficient (Wildman–Crippen LogP) is 1.15. The van der Waals surface area contributed by atoms with E-state index < -0.39 is 12.0 Å². The summed E-state index contributed by atoms with van der Waals surface area (Å²) >= 11 is 0. The van der Waals surface area contributed by atoms with Crippen LogP contribution >= 0.6 is 12.4 Å². The number of nitrogens with one attached hydrogen (secondary N) is 3. The molecule has 8 heteroatoms. The van der Waals surface area contributed by atoms with Gasteiger partial charge in [0.25, 0.3) is 0 Å². The zero-order chi connectivity index (χ0) is 18.5. The number of carbonyl (C=O) groups is 3. The molecule has 2 heterocycles. The van der Waals surface area contributed by atoms with Crippen molar-refractivity contribution in [1.29, 1.82) is 0 Å². The molecular formula is C19H32ClN3O4. The van der Waals surface area contributed by atoms with Gasteiger partial charge in [-0.3, -0.25) is 9.59 Å². The van der Waals surface area contributed by atoms with Crippen molar-refractivity contribution in [3.8, 4) is 0 Å². The minimum Gasteiger partial charge on any atom is -0.467 e. The lowest BCUT2D eigenvalue weighted by atomic mass is 9.79. The second-order valence-corrected chi connectivity index (χ2v) is 7.95. The second-order valence-electron chi connectivity index (χ2n) is 7.95. The largest absolute Gasteiger partial charge is 0.467 e. The summed E-state index contributed by atoms with van der Waals surface area (Å²) in [4.78, 5) is 36.5. The molecule has 0 radical (unpaired) electrons. The van der Waals surface area contributed by atoms with Gasteiger partial charge in [0, 0.05) is 12.5 Å². The Morgan fingerprint density at radius 3 is 2.56 bits per heavy atom. The molecule has 2 amide bonds. The molecule has 0 bridgehead atoms. The Bertz CT molecular complexity index is 539. The van der Waals surface area contributed by atoms with E-state index in [1.54, 1.807) is 0 Å². The third-order valence-corrected chi connectivity index (χ3v) is 6.28. The number of halogens is 1. The highest BCUT2D eigenvalue weighted by Crippen LogP contribution is 2.34. The summed E-state index contributed by atoms with van der Waals surface area (Å²) in [5.74, 6) is 0.322. The summed E-state index contributed by atoms with van der Waals surface area (Å²) in [5, 5.41) is 8.92. The van der Waals surface area contributed by atoms with Crippen LogP contribution in [0, 0.1) is 17.8 Å². The first-order valence-corrected chi connectivity index (χ1v) is 9.97. The van der Waals surface area contributed by atoms with E-state index in [4.69, 9.17) is 4.74 Å². The van der Waals surface area contributed by atoms with Crippen LogP contribution in [0.1, 0.15) is 51.4 Å². The first-order chi connectivity index (χ1) is 12.6. The molecule has 1 saturated carbocycles. The van der Waals surface area contributed by atoms with Crippen molar-refractivity contribution in [2.75, 3.05) is 20.2 Å². The van der Waals surface area contributed by atoms with Gasteiger partial charge in [0.2, 0.25) is 11.8 Å². The normalized spacial score (nSPS) is 29.5. The second kappa shape index (κ2) is 10.3. The van der Waals surface area contributed by atoms with Crippen LogP contribution < -0.4 is 16.0 Å². The SMILES string of the molecule is COC(=O)[C@H](C[C@@H]1CCNC1=O)NC(=O)[C@@H]1C[C@@H](C2CCCCC2)CN1.Cl. The van der Waals surface area contributed by atoms with E-state index in [-0.39, 0.29) is 36.2 Å². The van der Waals surface area contributed by atoms with Crippen molar-refractivity contribution >= 4 is 30.2 Å². The first kappa shape index (κ1) is 22.0. The molecule has 0 aromatic rings. The van der Waals surface area contributed by atoms with E-state index in [1.807, 2.05) is 0 Å². The van der Waals surface area contributed by atoms with E-state index in [9.17, 15) is 14.4 Å². The van der Waals surface area contributed by atoms with Gasteiger partial charge >= 0.3 is 5.97 Å². The van der Waals surface area contributed by atoms with Gasteiger partial charge in [0.05, 0.1) is 13.2 Å². The number of esters is 1. The first-order valence-electron chi connectivity index (χ1n) is 9.97. The van der Waals surface area contributed by atoms with Crippen molar-refractivity contribution in [3.63, 3.8) is 0 Å². The smallest absolute Gasteiger partial charge is 0.328 e. The summed E-state index contributed by atoms with van der Waals surface area (Å²) in [6.45, 7) is 1.50. The average Bonchev–Trinajstić information content (AvgIpc) is 3.31. The van der Waals surface area contributed by atoms with E-state index >= 15 is 0 Å².